The third-order valence-electron chi connectivity index (χ3n) is 3.58. The molecule has 2 N–H and O–H groups in total. The van der Waals surface area contributed by atoms with E-state index in [0.29, 0.717) is 23.2 Å². The van der Waals surface area contributed by atoms with E-state index >= 15 is 0 Å². The zero-order valence-electron chi connectivity index (χ0n) is 10.3. The van der Waals surface area contributed by atoms with E-state index in [1.54, 1.807) is 18.2 Å². The maximum absolute atomic E-state index is 12.6. The van der Waals surface area contributed by atoms with Gasteiger partial charge < -0.3 is 10.5 Å². The lowest BCUT2D eigenvalue weighted by molar-refractivity contribution is -0.0114. The summed E-state index contributed by atoms with van der Waals surface area (Å²) in [5.74, 6) is 0. The average molecular weight is 347 g/mol. The lowest BCUT2D eigenvalue weighted by Gasteiger charge is -2.31. The molecule has 0 amide bonds. The van der Waals surface area contributed by atoms with E-state index in [9.17, 15) is 8.42 Å². The third kappa shape index (κ3) is 2.40. The average Bonchev–Trinajstić information content (AvgIpc) is 2.67. The summed E-state index contributed by atoms with van der Waals surface area (Å²) in [4.78, 5) is 0.267. The predicted octanol–water partition coefficient (Wildman–Crippen LogP) is 1.58. The maximum Gasteiger partial charge on any atom is 0.244 e. The van der Waals surface area contributed by atoms with Gasteiger partial charge in [0.15, 0.2) is 0 Å². The van der Waals surface area contributed by atoms with E-state index in [2.05, 4.69) is 15.9 Å². The van der Waals surface area contributed by atoms with Gasteiger partial charge in [-0.2, -0.15) is 4.31 Å². The van der Waals surface area contributed by atoms with Crippen molar-refractivity contribution in [2.45, 2.75) is 29.9 Å². The molecule has 0 aromatic heterocycles. The molecule has 2 atom stereocenters. The van der Waals surface area contributed by atoms with E-state index in [0.717, 1.165) is 12.8 Å². The van der Waals surface area contributed by atoms with Gasteiger partial charge in [0.2, 0.25) is 10.0 Å². The molecule has 3 rings (SSSR count). The van der Waals surface area contributed by atoms with Gasteiger partial charge in [0.25, 0.3) is 0 Å². The summed E-state index contributed by atoms with van der Waals surface area (Å²) in [6, 6.07) is 4.76. The van der Waals surface area contributed by atoms with Gasteiger partial charge in [0.1, 0.15) is 0 Å². The lowest BCUT2D eigenvalue weighted by Crippen LogP contribution is -2.45. The molecular formula is C12H15BrN2O3S. The Morgan fingerprint density at radius 1 is 1.26 bits per heavy atom. The number of fused-ring (bicyclic) bond motifs is 2. The SMILES string of the molecule is Nc1ccc(S(=O)(=O)N2CC3CCC(C2)O3)c(Br)c1. The van der Waals surface area contributed by atoms with Crippen molar-refractivity contribution >= 4 is 31.6 Å². The highest BCUT2D eigenvalue weighted by atomic mass is 79.9. The summed E-state index contributed by atoms with van der Waals surface area (Å²) < 4.78 is 33.0. The number of sulfonamides is 1. The second-order valence-electron chi connectivity index (χ2n) is 4.97. The number of hydrogen-bond acceptors (Lipinski definition) is 4. The monoisotopic (exact) mass is 346 g/mol. The number of hydrogen-bond donors (Lipinski definition) is 1. The van der Waals surface area contributed by atoms with E-state index < -0.39 is 10.0 Å². The van der Waals surface area contributed by atoms with Gasteiger partial charge in [-0.1, -0.05) is 0 Å². The Kier molecular flexibility index (Phi) is 3.33. The molecule has 0 aliphatic carbocycles. The normalized spacial score (nSPS) is 27.6. The van der Waals surface area contributed by atoms with Gasteiger partial charge in [0, 0.05) is 23.2 Å². The highest BCUT2D eigenvalue weighted by Gasteiger charge is 2.39. The molecule has 2 bridgehead atoms. The van der Waals surface area contributed by atoms with Crippen LogP contribution in [0.2, 0.25) is 0 Å². The molecule has 5 nitrogen and oxygen atoms in total. The minimum Gasteiger partial charge on any atom is -0.399 e. The van der Waals surface area contributed by atoms with Gasteiger partial charge in [-0.25, -0.2) is 8.42 Å². The van der Waals surface area contributed by atoms with Gasteiger partial charge in [0.05, 0.1) is 17.1 Å². The Balaban J connectivity index is 1.94. The van der Waals surface area contributed by atoms with Crippen LogP contribution in [0.4, 0.5) is 5.69 Å². The minimum atomic E-state index is -3.48. The number of halogens is 1. The number of benzene rings is 1. The molecule has 2 unspecified atom stereocenters. The molecule has 7 heteroatoms. The summed E-state index contributed by atoms with van der Waals surface area (Å²) in [5, 5.41) is 0. The maximum atomic E-state index is 12.6. The summed E-state index contributed by atoms with van der Waals surface area (Å²) in [6.45, 7) is 0.880. The van der Waals surface area contributed by atoms with Crippen LogP contribution in [0.5, 0.6) is 0 Å². The van der Waals surface area contributed by atoms with Crippen molar-refractivity contribution in [1.29, 1.82) is 0 Å². The first-order chi connectivity index (χ1) is 8.96. The third-order valence-corrected chi connectivity index (χ3v) is 6.39. The Morgan fingerprint density at radius 2 is 1.89 bits per heavy atom. The van der Waals surface area contributed by atoms with E-state index in [1.807, 2.05) is 0 Å². The van der Waals surface area contributed by atoms with Gasteiger partial charge in [-0.3, -0.25) is 0 Å². The molecular weight excluding hydrogens is 332 g/mol. The molecule has 2 fully saturated rings. The highest BCUT2D eigenvalue weighted by molar-refractivity contribution is 9.10. The van der Waals surface area contributed by atoms with Gasteiger partial charge in [-0.15, -0.1) is 0 Å². The molecule has 1 aromatic rings. The smallest absolute Gasteiger partial charge is 0.244 e. The second-order valence-corrected chi connectivity index (χ2v) is 7.73. The van der Waals surface area contributed by atoms with Crippen LogP contribution in [0.3, 0.4) is 0 Å². The Hall–Kier alpha value is -0.630. The molecule has 19 heavy (non-hydrogen) atoms. The van der Waals surface area contributed by atoms with Crippen molar-refractivity contribution in [2.24, 2.45) is 0 Å². The molecule has 0 saturated carbocycles. The van der Waals surface area contributed by atoms with Crippen LogP contribution in [0.15, 0.2) is 27.6 Å². The van der Waals surface area contributed by atoms with Crippen molar-refractivity contribution in [3.63, 3.8) is 0 Å². The van der Waals surface area contributed by atoms with Crippen LogP contribution in [0.1, 0.15) is 12.8 Å². The molecule has 2 aliphatic heterocycles. The van der Waals surface area contributed by atoms with E-state index in [4.69, 9.17) is 10.5 Å². The number of rotatable bonds is 2. The topological polar surface area (TPSA) is 72.6 Å². The molecule has 2 saturated heterocycles. The second kappa shape index (κ2) is 4.73. The summed E-state index contributed by atoms with van der Waals surface area (Å²) in [5.41, 5.74) is 6.18. The molecule has 1 aromatic carbocycles. The summed E-state index contributed by atoms with van der Waals surface area (Å²) >= 11 is 3.28. The number of anilines is 1. The van der Waals surface area contributed by atoms with Crippen LogP contribution in [-0.4, -0.2) is 38.0 Å². The van der Waals surface area contributed by atoms with Crippen LogP contribution in [-0.2, 0) is 14.8 Å². The zero-order valence-corrected chi connectivity index (χ0v) is 12.7. The molecule has 0 radical (unpaired) electrons. The van der Waals surface area contributed by atoms with Crippen molar-refractivity contribution < 1.29 is 13.2 Å². The number of nitrogens with zero attached hydrogens (tertiary/aromatic N) is 1. The number of nitrogen functional groups attached to an aromatic ring is 1. The number of nitrogens with two attached hydrogens (primary N) is 1. The Bertz CT molecular complexity index is 593. The van der Waals surface area contributed by atoms with E-state index in [-0.39, 0.29) is 17.1 Å². The standard InChI is InChI=1S/C12H15BrN2O3S/c13-11-5-8(14)1-4-12(11)19(16,17)15-6-9-2-3-10(7-15)18-9/h1,4-5,9-10H,2-3,6-7,14H2. The zero-order chi connectivity index (χ0) is 13.6. The van der Waals surface area contributed by atoms with Gasteiger partial charge >= 0.3 is 0 Å². The van der Waals surface area contributed by atoms with E-state index in [1.165, 1.54) is 4.31 Å². The Labute approximate surface area is 120 Å². The first-order valence-electron chi connectivity index (χ1n) is 6.17. The van der Waals surface area contributed by atoms with Crippen LogP contribution < -0.4 is 5.73 Å². The van der Waals surface area contributed by atoms with Crippen LogP contribution >= 0.6 is 15.9 Å². The quantitative estimate of drug-likeness (QED) is 0.825. The highest BCUT2D eigenvalue weighted by Crippen LogP contribution is 2.32. The van der Waals surface area contributed by atoms with Crippen LogP contribution in [0.25, 0.3) is 0 Å². The van der Waals surface area contributed by atoms with Crippen molar-refractivity contribution in [1.82, 2.24) is 4.31 Å². The molecule has 0 spiro atoms. The number of ether oxygens (including phenoxy) is 1. The first kappa shape index (κ1) is 13.4. The van der Waals surface area contributed by atoms with Crippen molar-refractivity contribution in [3.8, 4) is 0 Å². The minimum absolute atomic E-state index is 0.0427. The molecule has 104 valence electrons. The van der Waals surface area contributed by atoms with Crippen molar-refractivity contribution in [2.75, 3.05) is 18.8 Å². The fourth-order valence-electron chi connectivity index (χ4n) is 2.64. The Morgan fingerprint density at radius 3 is 2.47 bits per heavy atom. The summed E-state index contributed by atoms with van der Waals surface area (Å²) in [7, 11) is -3.48. The summed E-state index contributed by atoms with van der Waals surface area (Å²) in [6.07, 6.45) is 1.97. The molecule has 2 heterocycles. The first-order valence-corrected chi connectivity index (χ1v) is 8.41. The molecule has 2 aliphatic rings. The van der Waals surface area contributed by atoms with Crippen LogP contribution in [0, 0.1) is 0 Å². The van der Waals surface area contributed by atoms with Crippen molar-refractivity contribution in [3.05, 3.63) is 22.7 Å². The fourth-order valence-corrected chi connectivity index (χ4v) is 5.20. The fraction of sp³-hybridized carbons (Fsp3) is 0.500. The lowest BCUT2D eigenvalue weighted by atomic mass is 10.2. The van der Waals surface area contributed by atoms with Gasteiger partial charge in [-0.05, 0) is 47.0 Å². The number of morpholine rings is 1. The largest absolute Gasteiger partial charge is 0.399 e. The predicted molar refractivity (Wildman–Crippen MR) is 75.2 cm³/mol.